The molecule has 0 spiro atoms. The molecule has 8 heteroatoms. The first-order valence-corrected chi connectivity index (χ1v) is 6.55. The van der Waals surface area contributed by atoms with Crippen LogP contribution in [0.1, 0.15) is 13.3 Å². The summed E-state index contributed by atoms with van der Waals surface area (Å²) in [4.78, 5) is 20.9. The number of carbonyl (C=O) groups excluding carboxylic acids is 1. The van der Waals surface area contributed by atoms with Crippen molar-refractivity contribution < 1.29 is 19.2 Å². The van der Waals surface area contributed by atoms with Gasteiger partial charge in [0.1, 0.15) is 12.4 Å². The second kappa shape index (κ2) is 8.75. The van der Waals surface area contributed by atoms with Crippen molar-refractivity contribution >= 4 is 17.3 Å². The Morgan fingerprint density at radius 2 is 2.14 bits per heavy atom. The number of nitro benzene ring substituents is 1. The predicted molar refractivity (Wildman–Crippen MR) is 77.4 cm³/mol. The van der Waals surface area contributed by atoms with Crippen molar-refractivity contribution in [3.63, 3.8) is 0 Å². The lowest BCUT2D eigenvalue weighted by atomic mass is 10.2. The summed E-state index contributed by atoms with van der Waals surface area (Å²) in [6.45, 7) is 2.94. The van der Waals surface area contributed by atoms with E-state index in [0.717, 1.165) is 6.42 Å². The molecule has 1 amide bonds. The maximum absolute atomic E-state index is 10.9. The van der Waals surface area contributed by atoms with E-state index in [1.54, 1.807) is 6.07 Å². The predicted octanol–water partition coefficient (Wildman–Crippen LogP) is 1.30. The van der Waals surface area contributed by atoms with Gasteiger partial charge in [-0.15, -0.1) is 0 Å². The fourth-order valence-electron chi connectivity index (χ4n) is 1.53. The summed E-state index contributed by atoms with van der Waals surface area (Å²) in [5.74, 6) is -0.104. The van der Waals surface area contributed by atoms with Crippen LogP contribution in [-0.4, -0.2) is 37.2 Å². The van der Waals surface area contributed by atoms with Gasteiger partial charge in [0, 0.05) is 24.4 Å². The third-order valence-electron chi connectivity index (χ3n) is 2.39. The van der Waals surface area contributed by atoms with E-state index in [0.29, 0.717) is 24.6 Å². The van der Waals surface area contributed by atoms with Crippen LogP contribution in [0, 0.1) is 10.1 Å². The Labute approximate surface area is 122 Å². The number of primary amides is 1. The summed E-state index contributed by atoms with van der Waals surface area (Å²) in [5.41, 5.74) is 5.43. The average molecular weight is 297 g/mol. The largest absolute Gasteiger partial charge is 0.493 e. The molecular formula is C13H19N3O5. The van der Waals surface area contributed by atoms with Gasteiger partial charge in [-0.3, -0.25) is 14.9 Å². The zero-order valence-electron chi connectivity index (χ0n) is 11.8. The van der Waals surface area contributed by atoms with Gasteiger partial charge in [-0.05, 0) is 6.42 Å². The summed E-state index contributed by atoms with van der Waals surface area (Å²) in [7, 11) is 0. The molecule has 0 saturated carbocycles. The number of non-ortho nitro benzene ring substituents is 1. The molecule has 0 bridgehead atoms. The van der Waals surface area contributed by atoms with Crippen LogP contribution in [0.15, 0.2) is 18.2 Å². The molecule has 21 heavy (non-hydrogen) atoms. The van der Waals surface area contributed by atoms with Crippen molar-refractivity contribution in [1.82, 2.24) is 0 Å². The molecule has 1 aromatic rings. The minimum absolute atomic E-state index is 0.0517. The minimum Gasteiger partial charge on any atom is -0.493 e. The Morgan fingerprint density at radius 1 is 1.38 bits per heavy atom. The van der Waals surface area contributed by atoms with Crippen LogP contribution in [0.2, 0.25) is 0 Å². The second-order valence-electron chi connectivity index (χ2n) is 4.27. The van der Waals surface area contributed by atoms with Crippen LogP contribution < -0.4 is 15.8 Å². The monoisotopic (exact) mass is 297 g/mol. The number of benzene rings is 1. The average Bonchev–Trinajstić information content (AvgIpc) is 2.44. The van der Waals surface area contributed by atoms with Crippen molar-refractivity contribution in [2.45, 2.75) is 13.3 Å². The summed E-state index contributed by atoms with van der Waals surface area (Å²) in [6, 6.07) is 4.47. The van der Waals surface area contributed by atoms with Crippen LogP contribution in [0.5, 0.6) is 5.75 Å². The van der Waals surface area contributed by atoms with Gasteiger partial charge < -0.3 is 20.5 Å². The number of hydrogen-bond acceptors (Lipinski definition) is 6. The van der Waals surface area contributed by atoms with Gasteiger partial charge in [-0.1, -0.05) is 6.92 Å². The number of nitrogens with one attached hydrogen (secondary N) is 1. The number of nitrogens with two attached hydrogens (primary N) is 1. The van der Waals surface area contributed by atoms with Gasteiger partial charge in [-0.25, -0.2) is 0 Å². The van der Waals surface area contributed by atoms with Crippen molar-refractivity contribution in [2.75, 3.05) is 31.7 Å². The molecule has 0 unspecified atom stereocenters. The first-order valence-electron chi connectivity index (χ1n) is 6.55. The molecule has 8 nitrogen and oxygen atoms in total. The summed E-state index contributed by atoms with van der Waals surface area (Å²) >= 11 is 0. The molecular weight excluding hydrogens is 278 g/mol. The Bertz CT molecular complexity index is 493. The highest BCUT2D eigenvalue weighted by atomic mass is 16.6. The molecule has 1 aromatic carbocycles. The fraction of sp³-hybridized carbons (Fsp3) is 0.462. The molecule has 0 aliphatic carbocycles. The molecule has 0 fully saturated rings. The molecule has 0 aliphatic heterocycles. The number of nitro groups is 1. The van der Waals surface area contributed by atoms with Crippen molar-refractivity contribution in [3.8, 4) is 5.75 Å². The van der Waals surface area contributed by atoms with Crippen LogP contribution >= 0.6 is 0 Å². The van der Waals surface area contributed by atoms with E-state index in [2.05, 4.69) is 5.32 Å². The molecule has 1 rings (SSSR count). The van der Waals surface area contributed by atoms with E-state index in [1.165, 1.54) is 12.1 Å². The Hall–Kier alpha value is -2.35. The zero-order valence-corrected chi connectivity index (χ0v) is 11.8. The maximum Gasteiger partial charge on any atom is 0.275 e. The molecule has 116 valence electrons. The number of nitrogens with zero attached hydrogens (tertiary/aromatic N) is 1. The van der Waals surface area contributed by atoms with Crippen LogP contribution in [-0.2, 0) is 9.53 Å². The van der Waals surface area contributed by atoms with Crippen molar-refractivity contribution in [1.29, 1.82) is 0 Å². The van der Waals surface area contributed by atoms with Gasteiger partial charge in [0.2, 0.25) is 5.91 Å². The van der Waals surface area contributed by atoms with Gasteiger partial charge in [0.05, 0.1) is 24.2 Å². The van der Waals surface area contributed by atoms with Crippen LogP contribution in [0.4, 0.5) is 11.4 Å². The number of amides is 1. The lowest BCUT2D eigenvalue weighted by Gasteiger charge is -2.10. The van der Waals surface area contributed by atoms with E-state index in [-0.39, 0.29) is 18.9 Å². The summed E-state index contributed by atoms with van der Waals surface area (Å²) in [6.07, 6.45) is 0.812. The van der Waals surface area contributed by atoms with Gasteiger partial charge >= 0.3 is 0 Å². The van der Waals surface area contributed by atoms with E-state index in [1.807, 2.05) is 6.92 Å². The molecule has 0 aromatic heterocycles. The molecule has 0 radical (unpaired) electrons. The topological polar surface area (TPSA) is 117 Å². The van der Waals surface area contributed by atoms with Crippen LogP contribution in [0.25, 0.3) is 0 Å². The molecule has 0 heterocycles. The number of ether oxygens (including phenoxy) is 2. The number of carbonyl (C=O) groups is 1. The first-order chi connectivity index (χ1) is 10.0. The normalized spacial score (nSPS) is 10.1. The molecule has 3 N–H and O–H groups in total. The van der Waals surface area contributed by atoms with E-state index >= 15 is 0 Å². The Balaban J connectivity index is 2.60. The minimum atomic E-state index is -0.541. The highest BCUT2D eigenvalue weighted by molar-refractivity contribution is 5.74. The smallest absolute Gasteiger partial charge is 0.275 e. The maximum atomic E-state index is 10.9. The highest BCUT2D eigenvalue weighted by Crippen LogP contribution is 2.26. The first kappa shape index (κ1) is 16.7. The summed E-state index contributed by atoms with van der Waals surface area (Å²) in [5, 5.41) is 13.8. The molecule has 0 atom stereocenters. The third-order valence-corrected chi connectivity index (χ3v) is 2.39. The van der Waals surface area contributed by atoms with E-state index < -0.39 is 10.8 Å². The lowest BCUT2D eigenvalue weighted by Crippen LogP contribution is -2.20. The standard InChI is InChI=1S/C13H19N3O5/c1-2-4-21-12-7-10(6-11(8-12)16(18)19)15-3-5-20-9-13(14)17/h6-8,15H,2-5,9H2,1H3,(H2,14,17). The van der Waals surface area contributed by atoms with Gasteiger partial charge in [-0.2, -0.15) is 0 Å². The van der Waals surface area contributed by atoms with Gasteiger partial charge in [0.25, 0.3) is 5.69 Å². The summed E-state index contributed by atoms with van der Waals surface area (Å²) < 4.78 is 10.4. The Morgan fingerprint density at radius 3 is 2.76 bits per heavy atom. The third kappa shape index (κ3) is 6.57. The second-order valence-corrected chi connectivity index (χ2v) is 4.27. The highest BCUT2D eigenvalue weighted by Gasteiger charge is 2.10. The van der Waals surface area contributed by atoms with E-state index in [4.69, 9.17) is 15.2 Å². The quantitative estimate of drug-likeness (QED) is 0.382. The lowest BCUT2D eigenvalue weighted by molar-refractivity contribution is -0.384. The Kier molecular flexibility index (Phi) is 6.96. The van der Waals surface area contributed by atoms with Crippen molar-refractivity contribution in [2.24, 2.45) is 5.73 Å². The zero-order chi connectivity index (χ0) is 15.7. The SMILES string of the molecule is CCCOc1cc(NCCOCC(N)=O)cc([N+](=O)[O-])c1. The van der Waals surface area contributed by atoms with Crippen LogP contribution in [0.3, 0.4) is 0 Å². The number of hydrogen-bond donors (Lipinski definition) is 2. The van der Waals surface area contributed by atoms with Crippen molar-refractivity contribution in [3.05, 3.63) is 28.3 Å². The number of anilines is 1. The molecule has 0 aliphatic rings. The molecule has 0 saturated heterocycles. The fourth-order valence-corrected chi connectivity index (χ4v) is 1.53. The number of rotatable bonds is 10. The van der Waals surface area contributed by atoms with E-state index in [9.17, 15) is 14.9 Å². The van der Waals surface area contributed by atoms with Gasteiger partial charge in [0.15, 0.2) is 0 Å².